The van der Waals surface area contributed by atoms with Crippen molar-refractivity contribution in [1.82, 2.24) is 4.98 Å². The first-order valence-corrected chi connectivity index (χ1v) is 5.21. The van der Waals surface area contributed by atoms with Crippen molar-refractivity contribution >= 4 is 21.7 Å². The predicted molar refractivity (Wildman–Crippen MR) is 55.6 cm³/mol. The number of anilines is 1. The number of nitriles is 1. The Hall–Kier alpha value is -1.22. The topological polar surface area (TPSA) is 62.7 Å². The number of rotatable bonds is 3. The quantitative estimate of drug-likeness (QED) is 0.863. The Morgan fingerprint density at radius 1 is 1.60 bits per heavy atom. The molecule has 1 heterocycles. The SMILES string of the molecule is N#CCc1nc(N)c(C(F)F)cc1CBr. The summed E-state index contributed by atoms with van der Waals surface area (Å²) >= 11 is 3.15. The molecule has 0 saturated heterocycles. The Morgan fingerprint density at radius 3 is 2.73 bits per heavy atom. The highest BCUT2D eigenvalue weighted by Crippen LogP contribution is 2.26. The fourth-order valence-corrected chi connectivity index (χ4v) is 1.63. The third-order valence-corrected chi connectivity index (χ3v) is 2.48. The molecule has 6 heteroatoms. The second-order valence-corrected chi connectivity index (χ2v) is 3.40. The first-order chi connectivity index (χ1) is 7.10. The lowest BCUT2D eigenvalue weighted by molar-refractivity contribution is 0.152. The molecule has 2 N–H and O–H groups in total. The van der Waals surface area contributed by atoms with Crippen LogP contribution in [0.1, 0.15) is 23.2 Å². The van der Waals surface area contributed by atoms with Crippen LogP contribution in [0.25, 0.3) is 0 Å². The zero-order valence-electron chi connectivity index (χ0n) is 7.67. The average molecular weight is 276 g/mol. The zero-order valence-corrected chi connectivity index (χ0v) is 9.26. The van der Waals surface area contributed by atoms with Gasteiger partial charge in [0.2, 0.25) is 0 Å². The average Bonchev–Trinajstić information content (AvgIpc) is 2.18. The van der Waals surface area contributed by atoms with Crippen LogP contribution in [0.3, 0.4) is 0 Å². The summed E-state index contributed by atoms with van der Waals surface area (Å²) in [5.74, 6) is -0.208. The first kappa shape index (κ1) is 11.9. The summed E-state index contributed by atoms with van der Waals surface area (Å²) in [6.45, 7) is 0. The van der Waals surface area contributed by atoms with Crippen LogP contribution in [0, 0.1) is 11.3 Å². The summed E-state index contributed by atoms with van der Waals surface area (Å²) in [6.07, 6.45) is -2.58. The van der Waals surface area contributed by atoms with Crippen molar-refractivity contribution in [1.29, 1.82) is 5.26 Å². The summed E-state index contributed by atoms with van der Waals surface area (Å²) in [7, 11) is 0. The van der Waals surface area contributed by atoms with Gasteiger partial charge in [-0.3, -0.25) is 0 Å². The molecule has 1 aromatic rings. The normalized spacial score (nSPS) is 10.3. The van der Waals surface area contributed by atoms with Gasteiger partial charge in [-0.05, 0) is 11.6 Å². The van der Waals surface area contributed by atoms with Crippen molar-refractivity contribution in [2.75, 3.05) is 5.73 Å². The van der Waals surface area contributed by atoms with Crippen LogP contribution in [0.5, 0.6) is 0 Å². The van der Waals surface area contributed by atoms with Gasteiger partial charge in [0.1, 0.15) is 5.82 Å². The number of alkyl halides is 3. The Morgan fingerprint density at radius 2 is 2.27 bits per heavy atom. The van der Waals surface area contributed by atoms with Crippen LogP contribution < -0.4 is 5.73 Å². The molecule has 0 spiro atoms. The Bertz CT molecular complexity index is 401. The Labute approximate surface area is 94.0 Å². The molecule has 0 fully saturated rings. The molecule has 0 aliphatic carbocycles. The van der Waals surface area contributed by atoms with Gasteiger partial charge in [0.15, 0.2) is 0 Å². The molecular formula is C9H8BrF2N3. The minimum absolute atomic E-state index is 0.0641. The zero-order chi connectivity index (χ0) is 11.4. The number of pyridine rings is 1. The second kappa shape index (κ2) is 5.03. The van der Waals surface area contributed by atoms with Crippen LogP contribution in [0.4, 0.5) is 14.6 Å². The third-order valence-electron chi connectivity index (χ3n) is 1.88. The van der Waals surface area contributed by atoms with Crippen molar-refractivity contribution in [3.05, 3.63) is 22.9 Å². The number of hydrogen-bond acceptors (Lipinski definition) is 3. The largest absolute Gasteiger partial charge is 0.383 e. The maximum Gasteiger partial charge on any atom is 0.267 e. The summed E-state index contributed by atoms with van der Waals surface area (Å²) in [5, 5.41) is 8.89. The van der Waals surface area contributed by atoms with Gasteiger partial charge in [-0.1, -0.05) is 15.9 Å². The van der Waals surface area contributed by atoms with E-state index in [0.717, 1.165) is 0 Å². The number of aromatic nitrogens is 1. The van der Waals surface area contributed by atoms with Gasteiger partial charge in [-0.25, -0.2) is 13.8 Å². The number of nitrogens with two attached hydrogens (primary N) is 1. The molecule has 0 aliphatic rings. The molecule has 80 valence electrons. The minimum Gasteiger partial charge on any atom is -0.383 e. The van der Waals surface area contributed by atoms with Gasteiger partial charge in [0, 0.05) is 5.33 Å². The molecule has 15 heavy (non-hydrogen) atoms. The van der Waals surface area contributed by atoms with Gasteiger partial charge in [-0.15, -0.1) is 0 Å². The van der Waals surface area contributed by atoms with E-state index < -0.39 is 6.43 Å². The number of hydrogen-bond donors (Lipinski definition) is 1. The highest BCUT2D eigenvalue weighted by Gasteiger charge is 2.15. The molecule has 1 rings (SSSR count). The van der Waals surface area contributed by atoms with Gasteiger partial charge in [-0.2, -0.15) is 5.26 Å². The van der Waals surface area contributed by atoms with E-state index in [9.17, 15) is 8.78 Å². The van der Waals surface area contributed by atoms with Gasteiger partial charge < -0.3 is 5.73 Å². The van der Waals surface area contributed by atoms with E-state index in [1.165, 1.54) is 6.07 Å². The predicted octanol–water partition coefficient (Wildman–Crippen LogP) is 2.56. The maximum absolute atomic E-state index is 12.5. The molecule has 0 aromatic carbocycles. The number of nitrogens with zero attached hydrogens (tertiary/aromatic N) is 2. The van der Waals surface area contributed by atoms with Gasteiger partial charge >= 0.3 is 0 Å². The molecule has 0 bridgehead atoms. The summed E-state index contributed by atoms with van der Waals surface area (Å²) in [6, 6.07) is 3.19. The third kappa shape index (κ3) is 2.63. The molecule has 3 nitrogen and oxygen atoms in total. The van der Waals surface area contributed by atoms with Crippen molar-refractivity contribution in [2.24, 2.45) is 0 Å². The van der Waals surface area contributed by atoms with Crippen LogP contribution in [-0.2, 0) is 11.8 Å². The molecule has 0 amide bonds. The van der Waals surface area contributed by atoms with Crippen molar-refractivity contribution in [3.8, 4) is 6.07 Å². The van der Waals surface area contributed by atoms with Crippen molar-refractivity contribution < 1.29 is 8.78 Å². The highest BCUT2D eigenvalue weighted by atomic mass is 79.9. The number of halogens is 3. The standard InChI is InChI=1S/C9H8BrF2N3/c10-4-5-3-6(8(11)12)9(14)15-7(5)1-2-13/h3,8H,1,4H2,(H2,14,15). The number of nitrogen functional groups attached to an aromatic ring is 1. The minimum atomic E-state index is -2.65. The lowest BCUT2D eigenvalue weighted by Gasteiger charge is -2.09. The molecular weight excluding hydrogens is 268 g/mol. The highest BCUT2D eigenvalue weighted by molar-refractivity contribution is 9.08. The molecule has 1 aromatic heterocycles. The lowest BCUT2D eigenvalue weighted by atomic mass is 10.1. The van der Waals surface area contributed by atoms with Gasteiger partial charge in [0.05, 0.1) is 23.7 Å². The van der Waals surface area contributed by atoms with Crippen LogP contribution in [0.15, 0.2) is 6.07 Å². The maximum atomic E-state index is 12.5. The van der Waals surface area contributed by atoms with E-state index in [4.69, 9.17) is 11.0 Å². The Balaban J connectivity index is 3.24. The lowest BCUT2D eigenvalue weighted by Crippen LogP contribution is -2.04. The smallest absolute Gasteiger partial charge is 0.267 e. The molecule has 0 aliphatic heterocycles. The van der Waals surface area contributed by atoms with Crippen LogP contribution in [0.2, 0.25) is 0 Å². The van der Waals surface area contributed by atoms with E-state index in [0.29, 0.717) is 16.6 Å². The van der Waals surface area contributed by atoms with E-state index in [1.807, 2.05) is 6.07 Å². The van der Waals surface area contributed by atoms with Gasteiger partial charge in [0.25, 0.3) is 6.43 Å². The molecule has 0 unspecified atom stereocenters. The van der Waals surface area contributed by atoms with Crippen LogP contribution in [-0.4, -0.2) is 4.98 Å². The summed E-state index contributed by atoms with van der Waals surface area (Å²) in [4.78, 5) is 3.80. The fourth-order valence-electron chi connectivity index (χ4n) is 1.15. The van der Waals surface area contributed by atoms with E-state index >= 15 is 0 Å². The molecule has 0 radical (unpaired) electrons. The van der Waals surface area contributed by atoms with E-state index in [-0.39, 0.29) is 17.8 Å². The fraction of sp³-hybridized carbons (Fsp3) is 0.333. The summed E-state index contributed by atoms with van der Waals surface area (Å²) < 4.78 is 24.9. The Kier molecular flexibility index (Phi) is 3.97. The second-order valence-electron chi connectivity index (χ2n) is 2.84. The van der Waals surface area contributed by atoms with E-state index in [1.54, 1.807) is 0 Å². The summed E-state index contributed by atoms with van der Waals surface area (Å²) in [5.41, 5.74) is 6.09. The first-order valence-electron chi connectivity index (χ1n) is 4.09. The van der Waals surface area contributed by atoms with Crippen molar-refractivity contribution in [2.45, 2.75) is 18.2 Å². The molecule has 0 saturated carbocycles. The molecule has 0 atom stereocenters. The van der Waals surface area contributed by atoms with E-state index in [2.05, 4.69) is 20.9 Å². The van der Waals surface area contributed by atoms with Crippen LogP contribution >= 0.6 is 15.9 Å². The monoisotopic (exact) mass is 275 g/mol. The van der Waals surface area contributed by atoms with Crippen molar-refractivity contribution in [3.63, 3.8) is 0 Å².